The number of rotatable bonds is 13. The Balaban J connectivity index is 1.67. The molecule has 0 heterocycles. The van der Waals surface area contributed by atoms with E-state index in [2.05, 4.69) is 20.8 Å². The monoisotopic (exact) mass is 524 g/mol. The van der Waals surface area contributed by atoms with Gasteiger partial charge in [-0.15, -0.1) is 0 Å². The Morgan fingerprint density at radius 1 is 0.865 bits per heavy atom. The molecule has 11 atom stereocenters. The van der Waals surface area contributed by atoms with Crippen molar-refractivity contribution in [2.24, 2.45) is 46.3 Å². The van der Waals surface area contributed by atoms with E-state index >= 15 is 0 Å². The van der Waals surface area contributed by atoms with Crippen molar-refractivity contribution in [1.82, 2.24) is 0 Å². The number of carbonyl (C=O) groups excluding carboxylic acids is 1. The molecule has 0 aliphatic heterocycles. The van der Waals surface area contributed by atoms with E-state index in [0.29, 0.717) is 62.3 Å². The van der Waals surface area contributed by atoms with Crippen LogP contribution in [0, 0.1) is 46.3 Å². The highest BCUT2D eigenvalue weighted by Gasteiger charge is 2.66. The molecule has 4 saturated carbocycles. The highest BCUT2D eigenvalue weighted by molar-refractivity contribution is 5.49. The summed E-state index contributed by atoms with van der Waals surface area (Å²) in [7, 11) is 5.14. The Morgan fingerprint density at radius 3 is 2.27 bits per heavy atom. The summed E-state index contributed by atoms with van der Waals surface area (Å²) in [5.41, 5.74) is 0.278. The Labute approximate surface area is 224 Å². The first-order chi connectivity index (χ1) is 17.8. The minimum atomic E-state index is 0.0403. The number of aldehydes is 1. The highest BCUT2D eigenvalue weighted by atomic mass is 16.7. The van der Waals surface area contributed by atoms with Gasteiger partial charge >= 0.3 is 0 Å². The first kappa shape index (κ1) is 29.4. The Kier molecular flexibility index (Phi) is 10.1. The van der Waals surface area contributed by atoms with Crippen molar-refractivity contribution in [2.45, 2.75) is 96.9 Å². The van der Waals surface area contributed by atoms with Gasteiger partial charge in [-0.25, -0.2) is 0 Å². The molecule has 4 aliphatic carbocycles. The molecule has 7 nitrogen and oxygen atoms in total. The second kappa shape index (κ2) is 12.7. The summed E-state index contributed by atoms with van der Waals surface area (Å²) in [6, 6.07) is 0. The lowest BCUT2D eigenvalue weighted by molar-refractivity contribution is -0.249. The van der Waals surface area contributed by atoms with Gasteiger partial charge in [-0.2, -0.15) is 0 Å². The average Bonchev–Trinajstić information content (AvgIpc) is 3.26. The molecule has 0 radical (unpaired) electrons. The van der Waals surface area contributed by atoms with Gasteiger partial charge in [-0.3, -0.25) is 0 Å². The fourth-order valence-electron chi connectivity index (χ4n) is 9.64. The maximum Gasteiger partial charge on any atom is 0.146 e. The minimum Gasteiger partial charge on any atom is -0.359 e. The fourth-order valence-corrected chi connectivity index (χ4v) is 9.64. The molecule has 4 fully saturated rings. The lowest BCUT2D eigenvalue weighted by atomic mass is 9.43. The zero-order valence-electron chi connectivity index (χ0n) is 24.1. The molecule has 4 rings (SSSR count). The molecular formula is C30H52O7. The minimum absolute atomic E-state index is 0.0403. The molecule has 0 amide bonds. The van der Waals surface area contributed by atoms with Crippen LogP contribution in [0.1, 0.15) is 78.6 Å². The maximum atomic E-state index is 11.2. The third-order valence-electron chi connectivity index (χ3n) is 11.4. The van der Waals surface area contributed by atoms with Crippen LogP contribution in [0.5, 0.6) is 0 Å². The summed E-state index contributed by atoms with van der Waals surface area (Å²) in [5, 5.41) is 0. The summed E-state index contributed by atoms with van der Waals surface area (Å²) < 4.78 is 35.3. The quantitative estimate of drug-likeness (QED) is 0.234. The molecule has 0 aromatic rings. The zero-order chi connectivity index (χ0) is 26.6. The molecule has 0 N–H and O–H groups in total. The summed E-state index contributed by atoms with van der Waals surface area (Å²) in [4.78, 5) is 11.2. The number of ether oxygens (including phenoxy) is 6. The van der Waals surface area contributed by atoms with Crippen molar-refractivity contribution in [1.29, 1.82) is 0 Å². The van der Waals surface area contributed by atoms with Gasteiger partial charge in [0.05, 0.1) is 18.3 Å². The SMILES string of the molecule is COCO[C@@H]1CC[C@@]2(C)[C@@H](C1)C[C@@H](OCOC)[C@@H]1[C@@H]2C[C@H](OCOC)[C@]2(C)[C@@H]([C@H](C)CCC=O)CC[C@@H]12. The van der Waals surface area contributed by atoms with Gasteiger partial charge < -0.3 is 33.2 Å². The topological polar surface area (TPSA) is 72.5 Å². The van der Waals surface area contributed by atoms with Crippen molar-refractivity contribution >= 4 is 6.29 Å². The zero-order valence-corrected chi connectivity index (χ0v) is 24.1. The van der Waals surface area contributed by atoms with E-state index in [0.717, 1.165) is 38.4 Å². The van der Waals surface area contributed by atoms with E-state index in [-0.39, 0.29) is 29.1 Å². The summed E-state index contributed by atoms with van der Waals surface area (Å²) in [6.07, 6.45) is 11.1. The second-order valence-corrected chi connectivity index (χ2v) is 12.9. The molecular weight excluding hydrogens is 472 g/mol. The van der Waals surface area contributed by atoms with Gasteiger partial charge in [0.2, 0.25) is 0 Å². The third kappa shape index (κ3) is 5.55. The molecule has 4 aliphatic rings. The second-order valence-electron chi connectivity index (χ2n) is 12.9. The van der Waals surface area contributed by atoms with Crippen LogP contribution in [0.3, 0.4) is 0 Å². The van der Waals surface area contributed by atoms with Gasteiger partial charge in [0.1, 0.15) is 26.7 Å². The lowest BCUT2D eigenvalue weighted by Gasteiger charge is -2.64. The van der Waals surface area contributed by atoms with E-state index in [9.17, 15) is 4.79 Å². The number of methoxy groups -OCH3 is 3. The first-order valence-electron chi connectivity index (χ1n) is 14.6. The van der Waals surface area contributed by atoms with Crippen LogP contribution in [0.2, 0.25) is 0 Å². The number of hydrogen-bond acceptors (Lipinski definition) is 7. The molecule has 0 saturated heterocycles. The van der Waals surface area contributed by atoms with Crippen LogP contribution in [-0.2, 0) is 33.2 Å². The molecule has 0 bridgehead atoms. The van der Waals surface area contributed by atoms with Crippen LogP contribution < -0.4 is 0 Å². The lowest BCUT2D eigenvalue weighted by Crippen LogP contribution is -2.63. The average molecular weight is 525 g/mol. The highest BCUT2D eigenvalue weighted by Crippen LogP contribution is 2.69. The van der Waals surface area contributed by atoms with Crippen LogP contribution in [0.4, 0.5) is 0 Å². The van der Waals surface area contributed by atoms with Gasteiger partial charge in [-0.1, -0.05) is 20.8 Å². The van der Waals surface area contributed by atoms with Gasteiger partial charge in [0, 0.05) is 33.2 Å². The van der Waals surface area contributed by atoms with Crippen molar-refractivity contribution in [3.05, 3.63) is 0 Å². The predicted octanol–water partition coefficient (Wildman–Crippen LogP) is 5.45. The van der Waals surface area contributed by atoms with Gasteiger partial charge in [-0.05, 0) is 92.3 Å². The Hall–Kier alpha value is -0.570. The number of hydrogen-bond donors (Lipinski definition) is 0. The summed E-state index contributed by atoms with van der Waals surface area (Å²) in [5.74, 6) is 3.11. The summed E-state index contributed by atoms with van der Waals surface area (Å²) >= 11 is 0. The van der Waals surface area contributed by atoms with E-state index in [4.69, 9.17) is 28.4 Å². The molecule has 214 valence electrons. The molecule has 7 heteroatoms. The van der Waals surface area contributed by atoms with E-state index in [1.54, 1.807) is 21.3 Å². The smallest absolute Gasteiger partial charge is 0.146 e. The number of fused-ring (bicyclic) bond motifs is 5. The van der Waals surface area contributed by atoms with Crippen LogP contribution in [0.25, 0.3) is 0 Å². The normalized spacial score (nSPS) is 44.1. The Morgan fingerprint density at radius 2 is 1.57 bits per heavy atom. The van der Waals surface area contributed by atoms with Gasteiger partial charge in [0.15, 0.2) is 0 Å². The largest absolute Gasteiger partial charge is 0.359 e. The van der Waals surface area contributed by atoms with Crippen molar-refractivity contribution < 1.29 is 33.2 Å². The van der Waals surface area contributed by atoms with E-state index < -0.39 is 0 Å². The van der Waals surface area contributed by atoms with Crippen molar-refractivity contribution in [3.63, 3.8) is 0 Å². The molecule has 0 aromatic heterocycles. The first-order valence-corrected chi connectivity index (χ1v) is 14.6. The number of carbonyl (C=O) groups is 1. The summed E-state index contributed by atoms with van der Waals surface area (Å²) in [6.45, 7) is 8.41. The molecule has 0 spiro atoms. The van der Waals surface area contributed by atoms with E-state index in [1.165, 1.54) is 19.3 Å². The standard InChI is InChI=1S/C30H52O7/c1-20(8-7-13-31)23-9-10-24-28-25(16-27(30(23,24)3)37-19-34-6)29(2)12-11-22(35-17-32-4)14-21(29)15-26(28)36-18-33-5/h13,20-28H,7-12,14-19H2,1-6H3/t20-,21+,22-,23-,24+,25+,26-,27+,28+,29+,30-/m1/s1. The van der Waals surface area contributed by atoms with Crippen LogP contribution in [0.15, 0.2) is 0 Å². The molecule has 0 aromatic carbocycles. The van der Waals surface area contributed by atoms with E-state index in [1.807, 2.05) is 0 Å². The maximum absolute atomic E-state index is 11.2. The molecule has 0 unspecified atom stereocenters. The molecule has 37 heavy (non-hydrogen) atoms. The predicted molar refractivity (Wildman–Crippen MR) is 141 cm³/mol. The van der Waals surface area contributed by atoms with Crippen molar-refractivity contribution in [3.8, 4) is 0 Å². The third-order valence-corrected chi connectivity index (χ3v) is 11.4. The fraction of sp³-hybridized carbons (Fsp3) is 0.967. The Bertz CT molecular complexity index is 733. The van der Waals surface area contributed by atoms with Crippen LogP contribution >= 0.6 is 0 Å². The van der Waals surface area contributed by atoms with Crippen LogP contribution in [-0.4, -0.2) is 66.3 Å². The van der Waals surface area contributed by atoms with Crippen molar-refractivity contribution in [2.75, 3.05) is 41.7 Å². The van der Waals surface area contributed by atoms with Gasteiger partial charge in [0.25, 0.3) is 0 Å².